The Hall–Kier alpha value is -3.10. The molecule has 1 aromatic carbocycles. The molecule has 2 amide bonds. The van der Waals surface area contributed by atoms with Crippen LogP contribution in [0.2, 0.25) is 0 Å². The van der Waals surface area contributed by atoms with E-state index in [9.17, 15) is 24.3 Å². The van der Waals surface area contributed by atoms with Gasteiger partial charge in [0.2, 0.25) is 11.8 Å². The molecule has 0 spiro atoms. The lowest BCUT2D eigenvalue weighted by atomic mass is 10.0. The quantitative estimate of drug-likeness (QED) is 0.302. The lowest BCUT2D eigenvalue weighted by Crippen LogP contribution is -2.48. The first-order valence-corrected chi connectivity index (χ1v) is 9.47. The molecule has 1 atom stereocenters. The highest BCUT2D eigenvalue weighted by atomic mass is 16.5. The van der Waals surface area contributed by atoms with Crippen molar-refractivity contribution in [3.05, 3.63) is 29.3 Å². The van der Waals surface area contributed by atoms with Gasteiger partial charge in [-0.2, -0.15) is 0 Å². The van der Waals surface area contributed by atoms with Crippen LogP contribution in [0.5, 0.6) is 5.75 Å². The number of esters is 1. The Morgan fingerprint density at radius 2 is 1.86 bits per heavy atom. The van der Waals surface area contributed by atoms with Crippen LogP contribution >= 0.6 is 0 Å². The molecule has 0 aliphatic rings. The van der Waals surface area contributed by atoms with Gasteiger partial charge in [0.1, 0.15) is 17.4 Å². The zero-order chi connectivity index (χ0) is 21.8. The molecule has 0 saturated carbocycles. The molecule has 0 bridgehead atoms. The lowest BCUT2D eigenvalue weighted by molar-refractivity contribution is -0.139. The summed E-state index contributed by atoms with van der Waals surface area (Å²) in [5.41, 5.74) is 0.472. The van der Waals surface area contributed by atoms with Gasteiger partial charge in [-0.3, -0.25) is 14.4 Å². The van der Waals surface area contributed by atoms with Gasteiger partial charge in [-0.25, -0.2) is 4.79 Å². The fraction of sp³-hybridized carbons (Fsp3) is 0.500. The van der Waals surface area contributed by atoms with Gasteiger partial charge < -0.3 is 25.6 Å². The number of methoxy groups -OCH3 is 1. The number of amides is 2. The number of carboxylic acid groups (broad SMARTS) is 1. The minimum absolute atomic E-state index is 0.0516. The van der Waals surface area contributed by atoms with E-state index in [1.807, 2.05) is 6.92 Å². The number of nitrogens with one attached hydrogen (secondary N) is 2. The number of unbranched alkanes of at least 4 members (excludes halogenated alkanes) is 2. The van der Waals surface area contributed by atoms with Crippen molar-refractivity contribution in [1.82, 2.24) is 10.6 Å². The largest absolute Gasteiger partial charge is 0.507 e. The van der Waals surface area contributed by atoms with Gasteiger partial charge in [0.15, 0.2) is 0 Å². The fourth-order valence-corrected chi connectivity index (χ4v) is 2.63. The molecule has 0 aliphatic heterocycles. The first kappa shape index (κ1) is 23.9. The first-order chi connectivity index (χ1) is 13.8. The van der Waals surface area contributed by atoms with E-state index in [-0.39, 0.29) is 30.6 Å². The summed E-state index contributed by atoms with van der Waals surface area (Å²) in [5.74, 6) is -3.06. The third-order valence-electron chi connectivity index (χ3n) is 4.20. The van der Waals surface area contributed by atoms with E-state index in [0.29, 0.717) is 12.1 Å². The first-order valence-electron chi connectivity index (χ1n) is 9.47. The van der Waals surface area contributed by atoms with Crippen LogP contribution in [0.25, 0.3) is 0 Å². The lowest BCUT2D eigenvalue weighted by Gasteiger charge is -2.19. The SMILES string of the molecule is CCCCCNC(=O)[C@H](Cc1ccc(O)c(C(=O)OC)c1)NC(=O)CCC(=O)O. The van der Waals surface area contributed by atoms with Crippen LogP contribution in [0.1, 0.15) is 54.9 Å². The van der Waals surface area contributed by atoms with E-state index >= 15 is 0 Å². The van der Waals surface area contributed by atoms with E-state index in [0.717, 1.165) is 19.3 Å². The molecule has 9 nitrogen and oxygen atoms in total. The topological polar surface area (TPSA) is 142 Å². The van der Waals surface area contributed by atoms with Crippen molar-refractivity contribution in [3.63, 3.8) is 0 Å². The number of phenolic OH excluding ortho intramolecular Hbond substituents is 1. The zero-order valence-corrected chi connectivity index (χ0v) is 16.7. The Kier molecular flexibility index (Phi) is 10.2. The van der Waals surface area contributed by atoms with Crippen molar-refractivity contribution in [1.29, 1.82) is 0 Å². The maximum Gasteiger partial charge on any atom is 0.341 e. The number of aliphatic carboxylic acids is 1. The monoisotopic (exact) mass is 408 g/mol. The number of carbonyl (C=O) groups is 4. The van der Waals surface area contributed by atoms with Crippen LogP contribution in [0, 0.1) is 0 Å². The third kappa shape index (κ3) is 8.63. The normalized spacial score (nSPS) is 11.4. The number of carbonyl (C=O) groups excluding carboxylic acids is 3. The second kappa shape index (κ2) is 12.4. The Morgan fingerprint density at radius 3 is 2.48 bits per heavy atom. The van der Waals surface area contributed by atoms with Gasteiger partial charge in [-0.1, -0.05) is 25.8 Å². The number of benzene rings is 1. The number of carboxylic acids is 1. The van der Waals surface area contributed by atoms with E-state index in [2.05, 4.69) is 15.4 Å². The summed E-state index contributed by atoms with van der Waals surface area (Å²) in [6, 6.07) is 3.28. The minimum Gasteiger partial charge on any atom is -0.507 e. The van der Waals surface area contributed by atoms with Gasteiger partial charge in [0.25, 0.3) is 0 Å². The number of phenols is 1. The molecular weight excluding hydrogens is 380 g/mol. The van der Waals surface area contributed by atoms with Crippen LogP contribution in [-0.2, 0) is 25.5 Å². The summed E-state index contributed by atoms with van der Waals surface area (Å²) in [4.78, 5) is 47.0. The van der Waals surface area contributed by atoms with E-state index < -0.39 is 29.8 Å². The van der Waals surface area contributed by atoms with Crippen LogP contribution in [-0.4, -0.2) is 53.7 Å². The molecule has 0 aromatic heterocycles. The van der Waals surface area contributed by atoms with Gasteiger partial charge in [-0.15, -0.1) is 0 Å². The van der Waals surface area contributed by atoms with Crippen LogP contribution < -0.4 is 10.6 Å². The van der Waals surface area contributed by atoms with Gasteiger partial charge in [-0.05, 0) is 24.1 Å². The molecule has 29 heavy (non-hydrogen) atoms. The highest BCUT2D eigenvalue weighted by molar-refractivity contribution is 5.93. The number of ether oxygens (including phenoxy) is 1. The summed E-state index contributed by atoms with van der Waals surface area (Å²) in [6.45, 7) is 2.49. The molecule has 0 radical (unpaired) electrons. The molecule has 1 aromatic rings. The maximum absolute atomic E-state index is 12.5. The average Bonchev–Trinajstić information content (AvgIpc) is 2.69. The Labute approximate surface area is 169 Å². The maximum atomic E-state index is 12.5. The van der Waals surface area contributed by atoms with Crippen molar-refractivity contribution >= 4 is 23.8 Å². The van der Waals surface area contributed by atoms with Crippen molar-refractivity contribution in [2.75, 3.05) is 13.7 Å². The van der Waals surface area contributed by atoms with Crippen molar-refractivity contribution in [2.24, 2.45) is 0 Å². The third-order valence-corrected chi connectivity index (χ3v) is 4.20. The highest BCUT2D eigenvalue weighted by Crippen LogP contribution is 2.20. The smallest absolute Gasteiger partial charge is 0.341 e. The van der Waals surface area contributed by atoms with Crippen molar-refractivity contribution in [2.45, 2.75) is 51.5 Å². The predicted molar refractivity (Wildman–Crippen MR) is 104 cm³/mol. The van der Waals surface area contributed by atoms with E-state index in [1.54, 1.807) is 0 Å². The Morgan fingerprint density at radius 1 is 1.14 bits per heavy atom. The van der Waals surface area contributed by atoms with Gasteiger partial charge >= 0.3 is 11.9 Å². The van der Waals surface area contributed by atoms with Crippen molar-refractivity contribution in [3.8, 4) is 5.75 Å². The summed E-state index contributed by atoms with van der Waals surface area (Å²) >= 11 is 0. The molecule has 0 unspecified atom stereocenters. The van der Waals surface area contributed by atoms with E-state index in [4.69, 9.17) is 5.11 Å². The summed E-state index contributed by atoms with van der Waals surface area (Å²) < 4.78 is 4.62. The van der Waals surface area contributed by atoms with Crippen LogP contribution in [0.3, 0.4) is 0 Å². The molecule has 0 fully saturated rings. The molecule has 160 valence electrons. The van der Waals surface area contributed by atoms with Gasteiger partial charge in [0.05, 0.1) is 13.5 Å². The Bertz CT molecular complexity index is 734. The van der Waals surface area contributed by atoms with Crippen LogP contribution in [0.4, 0.5) is 0 Å². The molecule has 0 saturated heterocycles. The minimum atomic E-state index is -1.11. The Balaban J connectivity index is 2.92. The number of hydrogen-bond acceptors (Lipinski definition) is 6. The van der Waals surface area contributed by atoms with E-state index in [1.165, 1.54) is 25.3 Å². The second-order valence-corrected chi connectivity index (χ2v) is 6.56. The summed E-state index contributed by atoms with van der Waals surface area (Å²) in [7, 11) is 1.18. The molecule has 4 N–H and O–H groups in total. The van der Waals surface area contributed by atoms with Crippen LogP contribution in [0.15, 0.2) is 18.2 Å². The number of rotatable bonds is 12. The summed E-state index contributed by atoms with van der Waals surface area (Å²) in [6.07, 6.45) is 2.21. The number of hydrogen-bond donors (Lipinski definition) is 4. The average molecular weight is 408 g/mol. The zero-order valence-electron chi connectivity index (χ0n) is 16.7. The predicted octanol–water partition coefficient (Wildman–Crippen LogP) is 1.38. The summed E-state index contributed by atoms with van der Waals surface area (Å²) in [5, 5.41) is 23.8. The molecule has 0 heterocycles. The molecular formula is C20H28N2O7. The molecule has 1 rings (SSSR count). The fourth-order valence-electron chi connectivity index (χ4n) is 2.63. The second-order valence-electron chi connectivity index (χ2n) is 6.56. The highest BCUT2D eigenvalue weighted by Gasteiger charge is 2.22. The molecule has 9 heteroatoms. The standard InChI is InChI=1S/C20H28N2O7/c1-3-4-5-10-21-19(27)15(22-17(24)8-9-18(25)26)12-13-6-7-16(23)14(11-13)20(28)29-2/h6-7,11,15,23H,3-5,8-10,12H2,1-2H3,(H,21,27)(H,22,24)(H,25,26)/t15-/m0/s1. The molecule has 0 aliphatic carbocycles. The van der Waals surface area contributed by atoms with Gasteiger partial charge in [0, 0.05) is 19.4 Å². The van der Waals surface area contributed by atoms with Crippen molar-refractivity contribution < 1.29 is 34.1 Å². The number of aromatic hydroxyl groups is 1.